The van der Waals surface area contributed by atoms with Crippen LogP contribution >= 0.6 is 23.4 Å². The molecule has 21 heavy (non-hydrogen) atoms. The second-order valence-corrected chi connectivity index (χ2v) is 6.13. The Morgan fingerprint density at radius 3 is 2.71 bits per heavy atom. The SMILES string of the molecule is CCSCCOc1c(Cl)cc(CNCCOC)cc1OC. The van der Waals surface area contributed by atoms with Crippen LogP contribution in [0.5, 0.6) is 11.5 Å². The van der Waals surface area contributed by atoms with Crippen molar-refractivity contribution in [2.75, 3.05) is 45.5 Å². The Hall–Kier alpha value is -0.620. The van der Waals surface area contributed by atoms with Gasteiger partial charge in [-0.2, -0.15) is 11.8 Å². The third-order valence-electron chi connectivity index (χ3n) is 2.78. The number of methoxy groups -OCH3 is 2. The predicted molar refractivity (Wildman–Crippen MR) is 90.1 cm³/mol. The topological polar surface area (TPSA) is 39.7 Å². The molecule has 4 nitrogen and oxygen atoms in total. The molecular weight excluding hydrogens is 310 g/mol. The van der Waals surface area contributed by atoms with Crippen LogP contribution in [-0.4, -0.2) is 45.5 Å². The molecule has 0 aliphatic heterocycles. The minimum Gasteiger partial charge on any atom is -0.493 e. The van der Waals surface area contributed by atoms with Crippen LogP contribution in [0.15, 0.2) is 12.1 Å². The van der Waals surface area contributed by atoms with Crippen molar-refractivity contribution < 1.29 is 14.2 Å². The summed E-state index contributed by atoms with van der Waals surface area (Å²) in [5.74, 6) is 3.32. The lowest BCUT2D eigenvalue weighted by Gasteiger charge is -2.14. The molecule has 0 unspecified atom stereocenters. The third-order valence-corrected chi connectivity index (χ3v) is 3.92. The molecule has 0 aliphatic rings. The van der Waals surface area contributed by atoms with Crippen molar-refractivity contribution in [1.82, 2.24) is 5.32 Å². The molecule has 0 saturated carbocycles. The monoisotopic (exact) mass is 333 g/mol. The zero-order valence-electron chi connectivity index (χ0n) is 12.9. The summed E-state index contributed by atoms with van der Waals surface area (Å²) in [6.07, 6.45) is 0. The Kier molecular flexibility index (Phi) is 9.67. The van der Waals surface area contributed by atoms with Crippen LogP contribution in [-0.2, 0) is 11.3 Å². The molecule has 6 heteroatoms. The van der Waals surface area contributed by atoms with E-state index < -0.39 is 0 Å². The normalized spacial score (nSPS) is 10.7. The lowest BCUT2D eigenvalue weighted by atomic mass is 10.2. The minimum absolute atomic E-state index is 0.583. The summed E-state index contributed by atoms with van der Waals surface area (Å²) in [5.41, 5.74) is 1.06. The molecule has 1 rings (SSSR count). The molecule has 0 aliphatic carbocycles. The fourth-order valence-corrected chi connectivity index (χ4v) is 2.55. The van der Waals surface area contributed by atoms with Crippen molar-refractivity contribution >= 4 is 23.4 Å². The van der Waals surface area contributed by atoms with Crippen LogP contribution in [0.25, 0.3) is 0 Å². The van der Waals surface area contributed by atoms with Crippen molar-refractivity contribution in [3.63, 3.8) is 0 Å². The molecule has 0 bridgehead atoms. The van der Waals surface area contributed by atoms with Gasteiger partial charge in [-0.3, -0.25) is 0 Å². The van der Waals surface area contributed by atoms with E-state index in [1.807, 2.05) is 23.9 Å². The second kappa shape index (κ2) is 11.0. The van der Waals surface area contributed by atoms with E-state index >= 15 is 0 Å². The highest BCUT2D eigenvalue weighted by molar-refractivity contribution is 7.99. The van der Waals surface area contributed by atoms with Crippen LogP contribution in [0.3, 0.4) is 0 Å². The molecule has 1 aromatic carbocycles. The van der Waals surface area contributed by atoms with E-state index in [0.29, 0.717) is 36.3 Å². The van der Waals surface area contributed by atoms with Gasteiger partial charge in [0.05, 0.1) is 25.3 Å². The summed E-state index contributed by atoms with van der Waals surface area (Å²) in [7, 11) is 3.31. The first-order chi connectivity index (χ1) is 10.2. The number of thioether (sulfide) groups is 1. The predicted octanol–water partition coefficient (Wildman–Crippen LogP) is 3.22. The van der Waals surface area contributed by atoms with Crippen molar-refractivity contribution in [1.29, 1.82) is 0 Å². The average molecular weight is 334 g/mol. The second-order valence-electron chi connectivity index (χ2n) is 4.32. The molecule has 0 saturated heterocycles. The Labute approximate surface area is 136 Å². The number of hydrogen-bond acceptors (Lipinski definition) is 5. The average Bonchev–Trinajstić information content (AvgIpc) is 2.49. The smallest absolute Gasteiger partial charge is 0.179 e. The number of rotatable bonds is 11. The fourth-order valence-electron chi connectivity index (χ4n) is 1.77. The first-order valence-electron chi connectivity index (χ1n) is 6.99. The van der Waals surface area contributed by atoms with Crippen LogP contribution in [0.1, 0.15) is 12.5 Å². The van der Waals surface area contributed by atoms with E-state index in [1.54, 1.807) is 14.2 Å². The van der Waals surface area contributed by atoms with E-state index in [-0.39, 0.29) is 0 Å². The van der Waals surface area contributed by atoms with Gasteiger partial charge in [-0.15, -0.1) is 0 Å². The minimum atomic E-state index is 0.583. The van der Waals surface area contributed by atoms with Crippen LogP contribution < -0.4 is 14.8 Å². The quantitative estimate of drug-likeness (QED) is 0.630. The summed E-state index contributed by atoms with van der Waals surface area (Å²) in [4.78, 5) is 0. The molecule has 120 valence electrons. The molecule has 0 fully saturated rings. The molecule has 0 heterocycles. The number of nitrogens with one attached hydrogen (secondary N) is 1. The molecular formula is C15H24ClNO3S. The van der Waals surface area contributed by atoms with Gasteiger partial charge < -0.3 is 19.5 Å². The van der Waals surface area contributed by atoms with Gasteiger partial charge >= 0.3 is 0 Å². The molecule has 1 N–H and O–H groups in total. The van der Waals surface area contributed by atoms with Crippen LogP contribution in [0.2, 0.25) is 5.02 Å². The Balaban J connectivity index is 2.63. The first kappa shape index (κ1) is 18.4. The van der Waals surface area contributed by atoms with Crippen molar-refractivity contribution in [2.24, 2.45) is 0 Å². The highest BCUT2D eigenvalue weighted by atomic mass is 35.5. The van der Waals surface area contributed by atoms with Crippen LogP contribution in [0.4, 0.5) is 0 Å². The first-order valence-corrected chi connectivity index (χ1v) is 8.52. The number of benzene rings is 1. The summed E-state index contributed by atoms with van der Waals surface area (Å²) < 4.78 is 16.1. The standard InChI is InChI=1S/C15H24ClNO3S/c1-4-21-8-7-20-15-13(16)9-12(10-14(15)19-3)11-17-5-6-18-2/h9-10,17H,4-8,11H2,1-3H3. The lowest BCUT2D eigenvalue weighted by molar-refractivity contribution is 0.199. The van der Waals surface area contributed by atoms with Gasteiger partial charge in [0, 0.05) is 26.0 Å². The van der Waals surface area contributed by atoms with Gasteiger partial charge in [-0.05, 0) is 23.4 Å². The maximum absolute atomic E-state index is 6.30. The lowest BCUT2D eigenvalue weighted by Crippen LogP contribution is -2.18. The summed E-state index contributed by atoms with van der Waals surface area (Å²) in [5, 5.41) is 3.86. The van der Waals surface area contributed by atoms with E-state index in [2.05, 4.69) is 12.2 Å². The molecule has 0 spiro atoms. The Morgan fingerprint density at radius 2 is 2.05 bits per heavy atom. The Bertz CT molecular complexity index is 418. The third kappa shape index (κ3) is 6.78. The molecule has 0 aromatic heterocycles. The van der Waals surface area contributed by atoms with E-state index in [1.165, 1.54) is 0 Å². The highest BCUT2D eigenvalue weighted by Crippen LogP contribution is 2.36. The number of ether oxygens (including phenoxy) is 3. The number of hydrogen-bond donors (Lipinski definition) is 1. The van der Waals surface area contributed by atoms with Gasteiger partial charge in [-0.1, -0.05) is 18.5 Å². The maximum Gasteiger partial charge on any atom is 0.179 e. The fraction of sp³-hybridized carbons (Fsp3) is 0.600. The highest BCUT2D eigenvalue weighted by Gasteiger charge is 2.12. The number of halogens is 1. The van der Waals surface area contributed by atoms with Crippen molar-refractivity contribution in [2.45, 2.75) is 13.5 Å². The van der Waals surface area contributed by atoms with E-state index in [0.717, 1.165) is 23.6 Å². The van der Waals surface area contributed by atoms with E-state index in [4.69, 9.17) is 25.8 Å². The largest absolute Gasteiger partial charge is 0.493 e. The zero-order chi connectivity index (χ0) is 15.5. The molecule has 1 aromatic rings. The zero-order valence-corrected chi connectivity index (χ0v) is 14.5. The van der Waals surface area contributed by atoms with Crippen molar-refractivity contribution in [3.05, 3.63) is 22.7 Å². The maximum atomic E-state index is 6.30. The van der Waals surface area contributed by atoms with Gasteiger partial charge in [0.2, 0.25) is 0 Å². The summed E-state index contributed by atoms with van der Waals surface area (Å²) in [6, 6.07) is 3.86. The van der Waals surface area contributed by atoms with Gasteiger partial charge in [0.25, 0.3) is 0 Å². The van der Waals surface area contributed by atoms with Crippen molar-refractivity contribution in [3.8, 4) is 11.5 Å². The van der Waals surface area contributed by atoms with Gasteiger partial charge in [0.1, 0.15) is 0 Å². The van der Waals surface area contributed by atoms with Gasteiger partial charge in [-0.25, -0.2) is 0 Å². The van der Waals surface area contributed by atoms with Gasteiger partial charge in [0.15, 0.2) is 11.5 Å². The Morgan fingerprint density at radius 1 is 1.24 bits per heavy atom. The molecule has 0 amide bonds. The van der Waals surface area contributed by atoms with Crippen LogP contribution in [0, 0.1) is 0 Å². The summed E-state index contributed by atoms with van der Waals surface area (Å²) in [6.45, 7) is 4.94. The van der Waals surface area contributed by atoms with E-state index in [9.17, 15) is 0 Å². The summed E-state index contributed by atoms with van der Waals surface area (Å²) >= 11 is 8.14. The molecule has 0 radical (unpaired) electrons. The molecule has 0 atom stereocenters.